The SMILES string of the molecule is CC(C)C1CN(CCc2ccsc2)C2(CCCC2)CN1. The largest absolute Gasteiger partial charge is 0.311 e. The van der Waals surface area contributed by atoms with Crippen molar-refractivity contribution in [2.24, 2.45) is 5.92 Å². The van der Waals surface area contributed by atoms with E-state index in [1.54, 1.807) is 0 Å². The van der Waals surface area contributed by atoms with Crippen LogP contribution in [0, 0.1) is 5.92 Å². The first kappa shape index (κ1) is 14.6. The van der Waals surface area contributed by atoms with Crippen molar-refractivity contribution in [3.05, 3.63) is 22.4 Å². The first-order valence-corrected chi connectivity index (χ1v) is 9.13. The fourth-order valence-corrected chi connectivity index (χ4v) is 4.63. The second-order valence-corrected chi connectivity index (χ2v) is 7.77. The summed E-state index contributed by atoms with van der Waals surface area (Å²) in [7, 11) is 0. The molecule has 1 aliphatic heterocycles. The maximum absolute atomic E-state index is 3.83. The Morgan fingerprint density at radius 2 is 2.20 bits per heavy atom. The van der Waals surface area contributed by atoms with Crippen LogP contribution in [0.5, 0.6) is 0 Å². The number of nitrogens with one attached hydrogen (secondary N) is 1. The van der Waals surface area contributed by atoms with Crippen LogP contribution in [0.15, 0.2) is 16.8 Å². The number of nitrogens with zero attached hydrogens (tertiary/aromatic N) is 1. The van der Waals surface area contributed by atoms with Gasteiger partial charge in [0.05, 0.1) is 0 Å². The lowest BCUT2D eigenvalue weighted by Gasteiger charge is -2.49. The van der Waals surface area contributed by atoms with Gasteiger partial charge in [0.2, 0.25) is 0 Å². The van der Waals surface area contributed by atoms with Gasteiger partial charge < -0.3 is 5.32 Å². The Morgan fingerprint density at radius 1 is 1.40 bits per heavy atom. The molecule has 3 heteroatoms. The molecular formula is C17H28N2S. The van der Waals surface area contributed by atoms with Crippen LogP contribution in [0.1, 0.15) is 45.1 Å². The fourth-order valence-electron chi connectivity index (χ4n) is 3.93. The predicted molar refractivity (Wildman–Crippen MR) is 87.4 cm³/mol. The van der Waals surface area contributed by atoms with Crippen molar-refractivity contribution in [3.8, 4) is 0 Å². The molecule has 0 amide bonds. The second-order valence-electron chi connectivity index (χ2n) is 6.99. The van der Waals surface area contributed by atoms with Gasteiger partial charge in [-0.1, -0.05) is 26.7 Å². The highest BCUT2D eigenvalue weighted by atomic mass is 32.1. The van der Waals surface area contributed by atoms with E-state index in [2.05, 4.69) is 40.9 Å². The van der Waals surface area contributed by atoms with Gasteiger partial charge in [-0.3, -0.25) is 4.90 Å². The maximum Gasteiger partial charge on any atom is 0.0334 e. The molecule has 20 heavy (non-hydrogen) atoms. The van der Waals surface area contributed by atoms with Gasteiger partial charge in [0, 0.05) is 31.2 Å². The van der Waals surface area contributed by atoms with E-state index in [0.29, 0.717) is 11.6 Å². The molecule has 0 aromatic carbocycles. The van der Waals surface area contributed by atoms with E-state index >= 15 is 0 Å². The third-order valence-electron chi connectivity index (χ3n) is 5.37. The van der Waals surface area contributed by atoms with E-state index in [-0.39, 0.29) is 0 Å². The summed E-state index contributed by atoms with van der Waals surface area (Å²) in [6, 6.07) is 2.96. The van der Waals surface area contributed by atoms with Crippen LogP contribution in [-0.4, -0.2) is 36.1 Å². The molecule has 1 unspecified atom stereocenters. The van der Waals surface area contributed by atoms with Gasteiger partial charge in [-0.15, -0.1) is 0 Å². The zero-order valence-corrected chi connectivity index (χ0v) is 13.7. The van der Waals surface area contributed by atoms with Gasteiger partial charge in [0.25, 0.3) is 0 Å². The number of rotatable bonds is 4. The van der Waals surface area contributed by atoms with Crippen LogP contribution >= 0.6 is 11.3 Å². The Bertz CT molecular complexity index is 407. The molecule has 0 bridgehead atoms. The summed E-state index contributed by atoms with van der Waals surface area (Å²) in [5.74, 6) is 0.734. The molecule has 112 valence electrons. The van der Waals surface area contributed by atoms with Gasteiger partial charge >= 0.3 is 0 Å². The van der Waals surface area contributed by atoms with Gasteiger partial charge in [-0.2, -0.15) is 11.3 Å². The van der Waals surface area contributed by atoms with Crippen LogP contribution in [0.3, 0.4) is 0 Å². The van der Waals surface area contributed by atoms with Crippen LogP contribution in [-0.2, 0) is 6.42 Å². The molecule has 1 aromatic rings. The lowest BCUT2D eigenvalue weighted by molar-refractivity contribution is 0.0341. The molecule has 2 aliphatic rings. The molecule has 1 N–H and O–H groups in total. The lowest BCUT2D eigenvalue weighted by Crippen LogP contribution is -2.64. The Labute approximate surface area is 127 Å². The molecule has 3 rings (SSSR count). The molecule has 2 heterocycles. The van der Waals surface area contributed by atoms with Gasteiger partial charge in [-0.05, 0) is 47.6 Å². The Morgan fingerprint density at radius 3 is 2.85 bits per heavy atom. The number of hydrogen-bond donors (Lipinski definition) is 1. The van der Waals surface area contributed by atoms with Crippen molar-refractivity contribution in [2.45, 2.75) is 57.5 Å². The number of hydrogen-bond acceptors (Lipinski definition) is 3. The minimum absolute atomic E-state index is 0.474. The maximum atomic E-state index is 3.83. The quantitative estimate of drug-likeness (QED) is 0.913. The summed E-state index contributed by atoms with van der Waals surface area (Å²) >= 11 is 1.82. The topological polar surface area (TPSA) is 15.3 Å². The van der Waals surface area contributed by atoms with Crippen molar-refractivity contribution in [1.29, 1.82) is 0 Å². The van der Waals surface area contributed by atoms with Crippen molar-refractivity contribution < 1.29 is 0 Å². The molecule has 1 aromatic heterocycles. The lowest BCUT2D eigenvalue weighted by atomic mass is 9.88. The highest BCUT2D eigenvalue weighted by molar-refractivity contribution is 7.07. The second kappa shape index (κ2) is 6.17. The average molecular weight is 292 g/mol. The first-order valence-electron chi connectivity index (χ1n) is 8.19. The highest BCUT2D eigenvalue weighted by Crippen LogP contribution is 2.37. The monoisotopic (exact) mass is 292 g/mol. The summed E-state index contributed by atoms with van der Waals surface area (Å²) in [6.07, 6.45) is 6.85. The zero-order chi connectivity index (χ0) is 14.0. The van der Waals surface area contributed by atoms with Crippen LogP contribution in [0.25, 0.3) is 0 Å². The molecule has 1 atom stereocenters. The van der Waals surface area contributed by atoms with Crippen LogP contribution < -0.4 is 5.32 Å². The normalized spacial score (nSPS) is 26.6. The van der Waals surface area contributed by atoms with E-state index in [4.69, 9.17) is 0 Å². The van der Waals surface area contributed by atoms with Gasteiger partial charge in [0.1, 0.15) is 0 Å². The molecule has 0 radical (unpaired) electrons. The van der Waals surface area contributed by atoms with E-state index < -0.39 is 0 Å². The Balaban J connectivity index is 1.67. The Hall–Kier alpha value is -0.380. The number of piperazine rings is 1. The molecule has 1 spiro atoms. The molecule has 1 aliphatic carbocycles. The van der Waals surface area contributed by atoms with Crippen LogP contribution in [0.4, 0.5) is 0 Å². The number of thiophene rings is 1. The minimum atomic E-state index is 0.474. The third kappa shape index (κ3) is 2.95. The van der Waals surface area contributed by atoms with Crippen molar-refractivity contribution in [3.63, 3.8) is 0 Å². The van der Waals surface area contributed by atoms with Crippen molar-refractivity contribution in [2.75, 3.05) is 19.6 Å². The third-order valence-corrected chi connectivity index (χ3v) is 6.10. The smallest absolute Gasteiger partial charge is 0.0334 e. The zero-order valence-electron chi connectivity index (χ0n) is 12.9. The summed E-state index contributed by atoms with van der Waals surface area (Å²) < 4.78 is 0. The molecule has 1 saturated heterocycles. The van der Waals surface area contributed by atoms with Gasteiger partial charge in [0.15, 0.2) is 0 Å². The summed E-state index contributed by atoms with van der Waals surface area (Å²) in [6.45, 7) is 8.38. The summed E-state index contributed by atoms with van der Waals surface area (Å²) in [4.78, 5) is 2.83. The minimum Gasteiger partial charge on any atom is -0.311 e. The van der Waals surface area contributed by atoms with Crippen molar-refractivity contribution in [1.82, 2.24) is 10.2 Å². The molecule has 2 nitrogen and oxygen atoms in total. The summed E-state index contributed by atoms with van der Waals surface area (Å²) in [5, 5.41) is 8.35. The fraction of sp³-hybridized carbons (Fsp3) is 0.765. The molecule has 1 saturated carbocycles. The van der Waals surface area contributed by atoms with E-state index in [9.17, 15) is 0 Å². The first-order chi connectivity index (χ1) is 9.70. The van der Waals surface area contributed by atoms with Crippen molar-refractivity contribution >= 4 is 11.3 Å². The molecule has 2 fully saturated rings. The van der Waals surface area contributed by atoms with Crippen LogP contribution in [0.2, 0.25) is 0 Å². The Kier molecular flexibility index (Phi) is 4.49. The standard InChI is InChI=1S/C17H28N2S/c1-14(2)16-11-19(9-5-15-6-10-20-12-15)17(13-18-16)7-3-4-8-17/h6,10,12,14,16,18H,3-5,7-9,11,13H2,1-2H3. The molecular weight excluding hydrogens is 264 g/mol. The highest BCUT2D eigenvalue weighted by Gasteiger charge is 2.43. The van der Waals surface area contributed by atoms with Gasteiger partial charge in [-0.25, -0.2) is 0 Å². The average Bonchev–Trinajstić information content (AvgIpc) is 3.10. The van der Waals surface area contributed by atoms with E-state index in [0.717, 1.165) is 5.92 Å². The summed E-state index contributed by atoms with van der Waals surface area (Å²) in [5.41, 5.74) is 1.99. The predicted octanol–water partition coefficient (Wildman–Crippen LogP) is 3.53. The van der Waals surface area contributed by atoms with E-state index in [1.807, 2.05) is 11.3 Å². The van der Waals surface area contributed by atoms with E-state index in [1.165, 1.54) is 57.3 Å².